The average molecular weight is 282 g/mol. The Hall–Kier alpha value is -2.03. The zero-order valence-electron chi connectivity index (χ0n) is 12.5. The van der Waals surface area contributed by atoms with Crippen molar-refractivity contribution in [3.63, 3.8) is 0 Å². The van der Waals surface area contributed by atoms with Gasteiger partial charge in [0.05, 0.1) is 5.71 Å². The summed E-state index contributed by atoms with van der Waals surface area (Å²) in [6.07, 6.45) is 10.6. The Bertz CT molecular complexity index is 595. The molecule has 0 aliphatic heterocycles. The van der Waals surface area contributed by atoms with Crippen LogP contribution in [-0.4, -0.2) is 17.4 Å². The van der Waals surface area contributed by atoms with E-state index in [4.69, 9.17) is 4.84 Å². The summed E-state index contributed by atoms with van der Waals surface area (Å²) in [7, 11) is 1.64. The third kappa shape index (κ3) is 3.18. The van der Waals surface area contributed by atoms with Gasteiger partial charge in [-0.15, -0.1) is 0 Å². The number of rotatable bonds is 4. The lowest BCUT2D eigenvalue weighted by Gasteiger charge is -2.22. The van der Waals surface area contributed by atoms with E-state index >= 15 is 0 Å². The number of hydrogen-bond donors (Lipinski definition) is 0. The van der Waals surface area contributed by atoms with Crippen LogP contribution in [0.15, 0.2) is 53.9 Å². The molecule has 0 saturated heterocycles. The van der Waals surface area contributed by atoms with Crippen molar-refractivity contribution in [2.24, 2.45) is 11.1 Å². The molecule has 1 aliphatic carbocycles. The highest BCUT2D eigenvalue weighted by Crippen LogP contribution is 2.28. The largest absolute Gasteiger partial charge is 0.399 e. The molecule has 0 bridgehead atoms. The van der Waals surface area contributed by atoms with Crippen molar-refractivity contribution < 1.29 is 4.84 Å². The molecule has 1 aliphatic rings. The first-order valence-electron chi connectivity index (χ1n) is 7.73. The summed E-state index contributed by atoms with van der Waals surface area (Å²) in [6, 6.07) is 12.5. The molecule has 0 atom stereocenters. The van der Waals surface area contributed by atoms with Crippen LogP contribution in [0.3, 0.4) is 0 Å². The third-order valence-corrected chi connectivity index (χ3v) is 4.22. The summed E-state index contributed by atoms with van der Waals surface area (Å²) in [5.74, 6) is 0.533. The Morgan fingerprint density at radius 2 is 1.86 bits per heavy atom. The molecule has 0 spiro atoms. The van der Waals surface area contributed by atoms with Gasteiger partial charge in [0.1, 0.15) is 7.11 Å². The lowest BCUT2D eigenvalue weighted by Crippen LogP contribution is -2.19. The highest BCUT2D eigenvalue weighted by atomic mass is 16.6. The van der Waals surface area contributed by atoms with Crippen molar-refractivity contribution in [1.29, 1.82) is 0 Å². The Morgan fingerprint density at radius 1 is 1.10 bits per heavy atom. The van der Waals surface area contributed by atoms with E-state index in [1.54, 1.807) is 7.11 Å². The molecule has 1 fully saturated rings. The Kier molecular flexibility index (Phi) is 4.39. The monoisotopic (exact) mass is 282 g/mol. The second kappa shape index (κ2) is 6.61. The van der Waals surface area contributed by atoms with Gasteiger partial charge in [0.2, 0.25) is 0 Å². The first kappa shape index (κ1) is 13.9. The van der Waals surface area contributed by atoms with Crippen LogP contribution >= 0.6 is 0 Å². The van der Waals surface area contributed by atoms with Gasteiger partial charge in [-0.05, 0) is 31.0 Å². The van der Waals surface area contributed by atoms with Crippen LogP contribution in [0.25, 0.3) is 5.69 Å². The zero-order valence-corrected chi connectivity index (χ0v) is 12.5. The van der Waals surface area contributed by atoms with Gasteiger partial charge in [0, 0.05) is 29.6 Å². The van der Waals surface area contributed by atoms with Crippen LogP contribution in [0.1, 0.15) is 37.7 Å². The lowest BCUT2D eigenvalue weighted by atomic mass is 9.84. The molecule has 2 aromatic rings. The molecule has 1 aromatic heterocycles. The molecule has 1 heterocycles. The van der Waals surface area contributed by atoms with Crippen molar-refractivity contribution in [3.8, 4) is 5.69 Å². The van der Waals surface area contributed by atoms with Gasteiger partial charge in [-0.1, -0.05) is 42.6 Å². The summed E-state index contributed by atoms with van der Waals surface area (Å²) in [6.45, 7) is 0. The fourth-order valence-corrected chi connectivity index (χ4v) is 3.15. The SMILES string of the molecule is CO/N=C(/c1ccn(-c2ccccc2)c1)C1CCCCC1. The van der Waals surface area contributed by atoms with Gasteiger partial charge in [0.15, 0.2) is 0 Å². The van der Waals surface area contributed by atoms with E-state index < -0.39 is 0 Å². The fraction of sp³-hybridized carbons (Fsp3) is 0.389. The summed E-state index contributed by atoms with van der Waals surface area (Å²) in [5.41, 5.74) is 3.45. The molecule has 3 rings (SSSR count). The number of benzene rings is 1. The molecule has 1 saturated carbocycles. The quantitative estimate of drug-likeness (QED) is 0.602. The van der Waals surface area contributed by atoms with Crippen LogP contribution in [0.5, 0.6) is 0 Å². The minimum absolute atomic E-state index is 0.533. The third-order valence-electron chi connectivity index (χ3n) is 4.22. The summed E-state index contributed by atoms with van der Waals surface area (Å²) in [4.78, 5) is 5.11. The van der Waals surface area contributed by atoms with E-state index in [1.807, 2.05) is 6.07 Å². The predicted octanol–water partition coefficient (Wildman–Crippen LogP) is 4.41. The first-order chi connectivity index (χ1) is 10.4. The number of oxime groups is 1. The number of aromatic nitrogens is 1. The minimum Gasteiger partial charge on any atom is -0.399 e. The molecular weight excluding hydrogens is 260 g/mol. The standard InChI is InChI=1S/C18H22N2O/c1-21-19-18(15-8-4-2-5-9-15)16-12-13-20(14-16)17-10-6-3-7-11-17/h3,6-7,10-15H,2,4-5,8-9H2,1H3/b19-18+. The maximum Gasteiger partial charge on any atom is 0.106 e. The molecular formula is C18H22N2O. The lowest BCUT2D eigenvalue weighted by molar-refractivity contribution is 0.210. The predicted molar refractivity (Wildman–Crippen MR) is 85.9 cm³/mol. The van der Waals surface area contributed by atoms with Crippen molar-refractivity contribution in [1.82, 2.24) is 4.57 Å². The Labute approximate surface area is 126 Å². The molecule has 1 aromatic carbocycles. The molecule has 3 nitrogen and oxygen atoms in total. The number of para-hydroxylation sites is 1. The van der Waals surface area contributed by atoms with E-state index in [2.05, 4.69) is 52.4 Å². The van der Waals surface area contributed by atoms with Crippen LogP contribution in [0, 0.1) is 5.92 Å². The molecule has 0 N–H and O–H groups in total. The Balaban J connectivity index is 1.87. The first-order valence-corrected chi connectivity index (χ1v) is 7.73. The summed E-state index contributed by atoms with van der Waals surface area (Å²) >= 11 is 0. The summed E-state index contributed by atoms with van der Waals surface area (Å²) < 4.78 is 2.14. The summed E-state index contributed by atoms with van der Waals surface area (Å²) in [5, 5.41) is 4.33. The van der Waals surface area contributed by atoms with Crippen molar-refractivity contribution >= 4 is 5.71 Å². The van der Waals surface area contributed by atoms with Gasteiger partial charge in [-0.25, -0.2) is 0 Å². The molecule has 0 unspecified atom stereocenters. The molecule has 21 heavy (non-hydrogen) atoms. The molecule has 0 radical (unpaired) electrons. The molecule has 3 heteroatoms. The Morgan fingerprint density at radius 3 is 2.57 bits per heavy atom. The van der Waals surface area contributed by atoms with Crippen molar-refractivity contribution in [2.75, 3.05) is 7.11 Å². The second-order valence-electron chi connectivity index (χ2n) is 5.64. The van der Waals surface area contributed by atoms with Crippen LogP contribution in [0.4, 0.5) is 0 Å². The van der Waals surface area contributed by atoms with E-state index in [0.717, 1.165) is 5.71 Å². The van der Waals surface area contributed by atoms with E-state index in [-0.39, 0.29) is 0 Å². The van der Waals surface area contributed by atoms with Crippen molar-refractivity contribution in [3.05, 3.63) is 54.4 Å². The molecule has 110 valence electrons. The normalized spacial score (nSPS) is 16.9. The highest BCUT2D eigenvalue weighted by molar-refractivity contribution is 6.02. The van der Waals surface area contributed by atoms with Crippen LogP contribution in [-0.2, 0) is 4.84 Å². The number of nitrogens with zero attached hydrogens (tertiary/aromatic N) is 2. The highest BCUT2D eigenvalue weighted by Gasteiger charge is 2.22. The van der Waals surface area contributed by atoms with Gasteiger partial charge in [-0.3, -0.25) is 0 Å². The van der Waals surface area contributed by atoms with Gasteiger partial charge in [0.25, 0.3) is 0 Å². The van der Waals surface area contributed by atoms with Crippen LogP contribution < -0.4 is 0 Å². The topological polar surface area (TPSA) is 26.5 Å². The average Bonchev–Trinajstić information content (AvgIpc) is 3.04. The second-order valence-corrected chi connectivity index (χ2v) is 5.64. The number of hydrogen-bond acceptors (Lipinski definition) is 2. The molecule has 0 amide bonds. The fourth-order valence-electron chi connectivity index (χ4n) is 3.15. The van der Waals surface area contributed by atoms with Gasteiger partial charge >= 0.3 is 0 Å². The van der Waals surface area contributed by atoms with Crippen molar-refractivity contribution in [2.45, 2.75) is 32.1 Å². The maximum absolute atomic E-state index is 5.11. The van der Waals surface area contributed by atoms with E-state index in [1.165, 1.54) is 43.4 Å². The van der Waals surface area contributed by atoms with E-state index in [0.29, 0.717) is 5.92 Å². The smallest absolute Gasteiger partial charge is 0.106 e. The van der Waals surface area contributed by atoms with E-state index in [9.17, 15) is 0 Å². The minimum atomic E-state index is 0.533. The zero-order chi connectivity index (χ0) is 14.5. The van der Waals surface area contributed by atoms with Gasteiger partial charge < -0.3 is 9.40 Å². The maximum atomic E-state index is 5.11. The van der Waals surface area contributed by atoms with Crippen LogP contribution in [0.2, 0.25) is 0 Å². The van der Waals surface area contributed by atoms with Gasteiger partial charge in [-0.2, -0.15) is 0 Å².